The Bertz CT molecular complexity index is 461. The van der Waals surface area contributed by atoms with Crippen LogP contribution in [0.4, 0.5) is 0 Å². The van der Waals surface area contributed by atoms with Crippen molar-refractivity contribution in [1.82, 2.24) is 5.32 Å². The molecule has 0 amide bonds. The van der Waals surface area contributed by atoms with Crippen molar-refractivity contribution in [2.24, 2.45) is 11.3 Å². The zero-order valence-corrected chi connectivity index (χ0v) is 14.6. The summed E-state index contributed by atoms with van der Waals surface area (Å²) in [6.07, 6.45) is 6.72. The fraction of sp³-hybridized carbons (Fsp3) is 0.700. The van der Waals surface area contributed by atoms with Crippen molar-refractivity contribution in [3.63, 3.8) is 0 Å². The minimum atomic E-state index is 0.447. The van der Waals surface area contributed by atoms with Crippen LogP contribution in [0.5, 0.6) is 0 Å². The number of nitrogens with one attached hydrogen (secondary N) is 1. The van der Waals surface area contributed by atoms with Gasteiger partial charge >= 0.3 is 0 Å². The van der Waals surface area contributed by atoms with Crippen molar-refractivity contribution < 1.29 is 0 Å². The Morgan fingerprint density at radius 3 is 2.57 bits per heavy atom. The summed E-state index contributed by atoms with van der Waals surface area (Å²) in [5.74, 6) is 0.750. The Balaban J connectivity index is 2.30. The normalized spacial score (nSPS) is 23.0. The molecule has 0 radical (unpaired) electrons. The smallest absolute Gasteiger partial charge is 0.0353 e. The lowest BCUT2D eigenvalue weighted by Crippen LogP contribution is -2.39. The van der Waals surface area contributed by atoms with Crippen molar-refractivity contribution in [2.45, 2.75) is 72.8 Å². The van der Waals surface area contributed by atoms with Crippen LogP contribution in [0, 0.1) is 25.2 Å². The Hall–Kier alpha value is -0.820. The first-order chi connectivity index (χ1) is 9.95. The molecule has 21 heavy (non-hydrogen) atoms. The minimum Gasteiger partial charge on any atom is -0.310 e. The number of hydrogen-bond acceptors (Lipinski definition) is 1. The highest BCUT2D eigenvalue weighted by molar-refractivity contribution is 5.32. The summed E-state index contributed by atoms with van der Waals surface area (Å²) in [5.41, 5.74) is 4.76. The highest BCUT2D eigenvalue weighted by Crippen LogP contribution is 2.46. The predicted molar refractivity (Wildman–Crippen MR) is 92.7 cm³/mol. The maximum absolute atomic E-state index is 3.86. The van der Waals surface area contributed by atoms with E-state index in [4.69, 9.17) is 0 Å². The maximum Gasteiger partial charge on any atom is 0.0353 e. The van der Waals surface area contributed by atoms with Crippen LogP contribution < -0.4 is 5.32 Å². The molecule has 0 spiro atoms. The molecule has 2 rings (SSSR count). The fourth-order valence-corrected chi connectivity index (χ4v) is 3.89. The average molecular weight is 287 g/mol. The summed E-state index contributed by atoms with van der Waals surface area (Å²) in [6, 6.07) is 7.56. The van der Waals surface area contributed by atoms with Crippen LogP contribution in [-0.2, 0) is 0 Å². The van der Waals surface area contributed by atoms with E-state index in [0.717, 1.165) is 12.5 Å². The second-order valence-corrected chi connectivity index (χ2v) is 7.62. The number of benzene rings is 1. The van der Waals surface area contributed by atoms with Gasteiger partial charge < -0.3 is 5.32 Å². The van der Waals surface area contributed by atoms with Crippen molar-refractivity contribution in [3.05, 3.63) is 34.9 Å². The summed E-state index contributed by atoms with van der Waals surface area (Å²) in [4.78, 5) is 0. The topological polar surface area (TPSA) is 12.0 Å². The molecule has 1 aromatic carbocycles. The molecule has 0 saturated heterocycles. The number of aryl methyl sites for hydroxylation is 2. The maximum atomic E-state index is 3.86. The van der Waals surface area contributed by atoms with E-state index in [2.05, 4.69) is 58.1 Å². The number of rotatable bonds is 5. The van der Waals surface area contributed by atoms with E-state index >= 15 is 0 Å². The molecular formula is C20H33N. The molecule has 1 nitrogen and oxygen atoms in total. The highest BCUT2D eigenvalue weighted by Gasteiger charge is 2.37. The summed E-state index contributed by atoms with van der Waals surface area (Å²) >= 11 is 0. The predicted octanol–water partition coefficient (Wildman–Crippen LogP) is 5.56. The lowest BCUT2D eigenvalue weighted by atomic mass is 9.64. The largest absolute Gasteiger partial charge is 0.310 e. The minimum absolute atomic E-state index is 0.447. The third-order valence-electron chi connectivity index (χ3n) is 5.50. The zero-order chi connectivity index (χ0) is 15.5. The van der Waals surface area contributed by atoms with Crippen LogP contribution in [0.15, 0.2) is 18.2 Å². The van der Waals surface area contributed by atoms with Gasteiger partial charge in [0.2, 0.25) is 0 Å². The molecule has 1 aliphatic rings. The summed E-state index contributed by atoms with van der Waals surface area (Å²) in [5, 5.41) is 3.86. The summed E-state index contributed by atoms with van der Waals surface area (Å²) < 4.78 is 0. The van der Waals surface area contributed by atoms with Gasteiger partial charge in [-0.1, -0.05) is 51.8 Å². The second kappa shape index (κ2) is 6.96. The second-order valence-electron chi connectivity index (χ2n) is 7.62. The molecule has 118 valence electrons. The molecule has 1 saturated carbocycles. The van der Waals surface area contributed by atoms with Gasteiger partial charge in [-0.3, -0.25) is 0 Å². The van der Waals surface area contributed by atoms with Crippen LogP contribution >= 0.6 is 0 Å². The third-order valence-corrected chi connectivity index (χ3v) is 5.50. The molecule has 0 aromatic heterocycles. The van der Waals surface area contributed by atoms with E-state index in [9.17, 15) is 0 Å². The van der Waals surface area contributed by atoms with Gasteiger partial charge in [0.05, 0.1) is 0 Å². The lowest BCUT2D eigenvalue weighted by Gasteiger charge is -2.44. The molecule has 1 heteroatoms. The molecule has 0 bridgehead atoms. The summed E-state index contributed by atoms with van der Waals surface area (Å²) in [6.45, 7) is 12.8. The van der Waals surface area contributed by atoms with Crippen molar-refractivity contribution in [1.29, 1.82) is 0 Å². The van der Waals surface area contributed by atoms with Crippen molar-refractivity contribution in [3.8, 4) is 0 Å². The zero-order valence-electron chi connectivity index (χ0n) is 14.6. The van der Waals surface area contributed by atoms with Gasteiger partial charge in [0.1, 0.15) is 0 Å². The van der Waals surface area contributed by atoms with E-state index in [1.165, 1.54) is 48.8 Å². The number of hydrogen-bond donors (Lipinski definition) is 1. The van der Waals surface area contributed by atoms with Crippen LogP contribution in [0.3, 0.4) is 0 Å². The van der Waals surface area contributed by atoms with E-state index in [1.807, 2.05) is 0 Å². The van der Waals surface area contributed by atoms with Crippen LogP contribution in [0.25, 0.3) is 0 Å². The first kappa shape index (κ1) is 16.5. The molecule has 0 aliphatic heterocycles. The van der Waals surface area contributed by atoms with Crippen LogP contribution in [-0.4, -0.2) is 6.54 Å². The van der Waals surface area contributed by atoms with Crippen molar-refractivity contribution in [2.75, 3.05) is 6.54 Å². The molecule has 2 atom stereocenters. The Labute approximate surface area is 131 Å². The SMILES string of the molecule is CCCNC(c1ccc(C)c(C)c1)C1CCCCC1(C)C. The molecule has 1 aromatic rings. The van der Waals surface area contributed by atoms with Crippen LogP contribution in [0.2, 0.25) is 0 Å². The Morgan fingerprint density at radius 1 is 1.19 bits per heavy atom. The monoisotopic (exact) mass is 287 g/mol. The molecule has 1 fully saturated rings. The Kier molecular flexibility index (Phi) is 5.48. The standard InChI is InChI=1S/C20H33N/c1-6-13-21-19(17-11-10-15(2)16(3)14-17)18-9-7-8-12-20(18,4)5/h10-11,14,18-19,21H,6-9,12-13H2,1-5H3. The molecular weight excluding hydrogens is 254 g/mol. The Morgan fingerprint density at radius 2 is 1.95 bits per heavy atom. The van der Waals surface area contributed by atoms with Crippen molar-refractivity contribution >= 4 is 0 Å². The van der Waals surface area contributed by atoms with Gasteiger partial charge in [-0.05, 0) is 67.7 Å². The third kappa shape index (κ3) is 3.88. The summed E-state index contributed by atoms with van der Waals surface area (Å²) in [7, 11) is 0. The highest BCUT2D eigenvalue weighted by atomic mass is 14.9. The van der Waals surface area contributed by atoms with Gasteiger partial charge in [0.25, 0.3) is 0 Å². The molecule has 2 unspecified atom stereocenters. The van der Waals surface area contributed by atoms with Gasteiger partial charge in [0, 0.05) is 6.04 Å². The first-order valence-corrected chi connectivity index (χ1v) is 8.76. The molecule has 1 N–H and O–H groups in total. The van der Waals surface area contributed by atoms with E-state index in [1.54, 1.807) is 0 Å². The average Bonchev–Trinajstić information content (AvgIpc) is 2.44. The van der Waals surface area contributed by atoms with Gasteiger partial charge in [0.15, 0.2) is 0 Å². The van der Waals surface area contributed by atoms with Gasteiger partial charge in [-0.25, -0.2) is 0 Å². The van der Waals surface area contributed by atoms with E-state index in [0.29, 0.717) is 11.5 Å². The van der Waals surface area contributed by atoms with Gasteiger partial charge in [-0.15, -0.1) is 0 Å². The van der Waals surface area contributed by atoms with E-state index in [-0.39, 0.29) is 0 Å². The fourth-order valence-electron chi connectivity index (χ4n) is 3.89. The van der Waals surface area contributed by atoms with E-state index < -0.39 is 0 Å². The molecule has 0 heterocycles. The van der Waals surface area contributed by atoms with Gasteiger partial charge in [-0.2, -0.15) is 0 Å². The quantitative estimate of drug-likeness (QED) is 0.747. The van der Waals surface area contributed by atoms with Crippen LogP contribution in [0.1, 0.15) is 75.6 Å². The molecule has 1 aliphatic carbocycles. The first-order valence-electron chi connectivity index (χ1n) is 8.76. The lowest BCUT2D eigenvalue weighted by molar-refractivity contribution is 0.0981.